The number of nitrogens with zero attached hydrogens (tertiary/aromatic N) is 3. The highest BCUT2D eigenvalue weighted by atomic mass is 16.5. The van der Waals surface area contributed by atoms with Gasteiger partial charge >= 0.3 is 0 Å². The first kappa shape index (κ1) is 25.4. The number of carbonyl (C=O) groups excluding carboxylic acids is 2. The summed E-state index contributed by atoms with van der Waals surface area (Å²) in [6.07, 6.45) is 0.256. The summed E-state index contributed by atoms with van der Waals surface area (Å²) in [6, 6.07) is 4.90. The van der Waals surface area contributed by atoms with Gasteiger partial charge in [-0.25, -0.2) is 0 Å². The van der Waals surface area contributed by atoms with Gasteiger partial charge in [0.05, 0.1) is 31.4 Å². The molecule has 0 aliphatic carbocycles. The number of anilines is 1. The predicted octanol–water partition coefficient (Wildman–Crippen LogP) is 1.13. The fraction of sp³-hybridized carbons (Fsp3) is 0.667. The molecule has 0 bridgehead atoms. The number of rotatable bonds is 8. The Hall–Kier alpha value is -2.20. The van der Waals surface area contributed by atoms with Crippen LogP contribution in [0.3, 0.4) is 0 Å². The topological polar surface area (TPSA) is 94.6 Å². The van der Waals surface area contributed by atoms with Gasteiger partial charge in [-0.2, -0.15) is 0 Å². The summed E-state index contributed by atoms with van der Waals surface area (Å²) < 4.78 is 11.6. The molecule has 1 fully saturated rings. The Balaban J connectivity index is 1.78. The number of aliphatic hydroxyl groups excluding tert-OH is 1. The van der Waals surface area contributed by atoms with E-state index in [2.05, 4.69) is 22.0 Å². The van der Waals surface area contributed by atoms with E-state index in [0.717, 1.165) is 13.1 Å². The minimum atomic E-state index is -0.322. The fourth-order valence-corrected chi connectivity index (χ4v) is 4.19. The number of hydrogen-bond donors (Lipinski definition) is 2. The summed E-state index contributed by atoms with van der Waals surface area (Å²) in [4.78, 5) is 31.9. The molecule has 9 heteroatoms. The molecule has 3 rings (SSSR count). The molecule has 9 nitrogen and oxygen atoms in total. The lowest BCUT2D eigenvalue weighted by Gasteiger charge is -2.37. The number of hydrogen-bond acceptors (Lipinski definition) is 7. The second-order valence-corrected chi connectivity index (χ2v) is 9.35. The van der Waals surface area contributed by atoms with Crippen molar-refractivity contribution in [2.45, 2.75) is 32.4 Å². The zero-order chi connectivity index (χ0) is 24.0. The number of nitrogens with one attached hydrogen (secondary N) is 1. The van der Waals surface area contributed by atoms with E-state index in [4.69, 9.17) is 9.47 Å². The van der Waals surface area contributed by atoms with E-state index in [-0.39, 0.29) is 36.5 Å². The van der Waals surface area contributed by atoms with E-state index in [1.54, 1.807) is 23.1 Å². The van der Waals surface area contributed by atoms with Crippen LogP contribution in [0.5, 0.6) is 5.75 Å². The van der Waals surface area contributed by atoms with Crippen LogP contribution in [0.2, 0.25) is 0 Å². The van der Waals surface area contributed by atoms with Gasteiger partial charge in [-0.15, -0.1) is 0 Å². The largest absolute Gasteiger partial charge is 0.488 e. The normalized spacial score (nSPS) is 22.8. The molecule has 2 N–H and O–H groups in total. The number of aliphatic hydroxyl groups is 1. The quantitative estimate of drug-likeness (QED) is 0.598. The molecule has 0 saturated carbocycles. The van der Waals surface area contributed by atoms with Crippen LogP contribution in [0, 0.1) is 5.92 Å². The first-order valence-corrected chi connectivity index (χ1v) is 11.8. The minimum absolute atomic E-state index is 0.0815. The monoisotopic (exact) mass is 462 g/mol. The van der Waals surface area contributed by atoms with Crippen LogP contribution in [0.1, 0.15) is 30.6 Å². The van der Waals surface area contributed by atoms with Crippen molar-refractivity contribution in [1.82, 2.24) is 14.7 Å². The smallest absolute Gasteiger partial charge is 0.258 e. The van der Waals surface area contributed by atoms with Crippen molar-refractivity contribution in [3.8, 4) is 5.75 Å². The third-order valence-corrected chi connectivity index (χ3v) is 6.25. The van der Waals surface area contributed by atoms with Crippen molar-refractivity contribution in [2.24, 2.45) is 5.92 Å². The number of carbonyl (C=O) groups is 2. The number of morpholine rings is 1. The van der Waals surface area contributed by atoms with Crippen molar-refractivity contribution >= 4 is 17.5 Å². The maximum absolute atomic E-state index is 13.4. The van der Waals surface area contributed by atoms with E-state index < -0.39 is 0 Å². The van der Waals surface area contributed by atoms with Crippen molar-refractivity contribution in [2.75, 3.05) is 72.0 Å². The summed E-state index contributed by atoms with van der Waals surface area (Å²) in [7, 11) is 3.98. The second-order valence-electron chi connectivity index (χ2n) is 9.35. The van der Waals surface area contributed by atoms with Crippen LogP contribution in [0.15, 0.2) is 18.2 Å². The standard InChI is InChI=1S/C24H38N4O5/c1-17-14-28(18(2)16-29)24(31)20-13-19(5-6-21(20)33-22(17)15-26(3)4)25-23(30)7-8-27-9-11-32-12-10-27/h5-6,13,17-18,22,29H,7-12,14-16H2,1-4H3,(H,25,30)/t17-,18+,22-/m1/s1. The minimum Gasteiger partial charge on any atom is -0.488 e. The lowest BCUT2D eigenvalue weighted by atomic mass is 9.99. The molecular formula is C24H38N4O5. The summed E-state index contributed by atoms with van der Waals surface area (Å²) in [6.45, 7) is 8.71. The van der Waals surface area contributed by atoms with E-state index in [1.807, 2.05) is 21.0 Å². The molecule has 2 aliphatic rings. The van der Waals surface area contributed by atoms with Gasteiger partial charge in [-0.05, 0) is 39.2 Å². The highest BCUT2D eigenvalue weighted by Gasteiger charge is 2.33. The molecule has 2 heterocycles. The Kier molecular flexibility index (Phi) is 9.08. The molecule has 1 saturated heterocycles. The summed E-state index contributed by atoms with van der Waals surface area (Å²) >= 11 is 0. The summed E-state index contributed by atoms with van der Waals surface area (Å²) in [5.74, 6) is 0.282. The Morgan fingerprint density at radius 3 is 2.70 bits per heavy atom. The number of likely N-dealkylation sites (N-methyl/N-ethyl adjacent to an activating group) is 1. The van der Waals surface area contributed by atoms with E-state index >= 15 is 0 Å². The molecule has 0 unspecified atom stereocenters. The Bertz CT molecular complexity index is 812. The van der Waals surface area contributed by atoms with Gasteiger partial charge < -0.3 is 29.7 Å². The molecule has 0 aromatic heterocycles. The number of fused-ring (bicyclic) bond motifs is 1. The first-order chi connectivity index (χ1) is 15.8. The average molecular weight is 463 g/mol. The molecular weight excluding hydrogens is 424 g/mol. The van der Waals surface area contributed by atoms with Crippen molar-refractivity contribution in [1.29, 1.82) is 0 Å². The fourth-order valence-electron chi connectivity index (χ4n) is 4.19. The second kappa shape index (κ2) is 11.8. The maximum Gasteiger partial charge on any atom is 0.258 e. The molecule has 1 aromatic rings. The molecule has 3 atom stereocenters. The number of benzene rings is 1. The van der Waals surface area contributed by atoms with Crippen molar-refractivity contribution in [3.05, 3.63) is 23.8 Å². The SMILES string of the molecule is C[C@@H]1CN([C@@H](C)CO)C(=O)c2cc(NC(=O)CCN3CCOCC3)ccc2O[C@@H]1CN(C)C. The summed E-state index contributed by atoms with van der Waals surface area (Å²) in [5, 5.41) is 12.7. The number of amides is 2. The highest BCUT2D eigenvalue weighted by Crippen LogP contribution is 2.30. The third kappa shape index (κ3) is 6.89. The molecule has 2 aliphatic heterocycles. The van der Waals surface area contributed by atoms with Crippen molar-refractivity contribution < 1.29 is 24.2 Å². The van der Waals surface area contributed by atoms with Gasteiger partial charge in [0.15, 0.2) is 0 Å². The molecule has 2 amide bonds. The lowest BCUT2D eigenvalue weighted by Crippen LogP contribution is -2.49. The van der Waals surface area contributed by atoms with Gasteiger partial charge in [-0.3, -0.25) is 14.5 Å². The van der Waals surface area contributed by atoms with E-state index in [9.17, 15) is 14.7 Å². The first-order valence-electron chi connectivity index (χ1n) is 11.8. The molecule has 1 aromatic carbocycles. The zero-order valence-corrected chi connectivity index (χ0v) is 20.2. The van der Waals surface area contributed by atoms with Gasteiger partial charge in [0.25, 0.3) is 5.91 Å². The molecule has 184 valence electrons. The maximum atomic E-state index is 13.4. The average Bonchev–Trinajstić information content (AvgIpc) is 2.80. The Labute approximate surface area is 196 Å². The highest BCUT2D eigenvalue weighted by molar-refractivity contribution is 5.99. The molecule has 0 radical (unpaired) electrons. The van der Waals surface area contributed by atoms with E-state index in [0.29, 0.717) is 56.3 Å². The van der Waals surface area contributed by atoms with Gasteiger partial charge in [0.2, 0.25) is 5.91 Å². The predicted molar refractivity (Wildman–Crippen MR) is 127 cm³/mol. The number of ether oxygens (including phenoxy) is 2. The van der Waals surface area contributed by atoms with Crippen LogP contribution in [-0.4, -0.2) is 110 Å². The summed E-state index contributed by atoms with van der Waals surface area (Å²) in [5.41, 5.74) is 0.962. The van der Waals surface area contributed by atoms with Gasteiger partial charge in [-0.1, -0.05) is 6.92 Å². The van der Waals surface area contributed by atoms with Gasteiger partial charge in [0, 0.05) is 50.7 Å². The van der Waals surface area contributed by atoms with E-state index in [1.165, 1.54) is 0 Å². The zero-order valence-electron chi connectivity index (χ0n) is 20.2. The Morgan fingerprint density at radius 1 is 1.30 bits per heavy atom. The van der Waals surface area contributed by atoms with Crippen LogP contribution < -0.4 is 10.1 Å². The third-order valence-electron chi connectivity index (χ3n) is 6.25. The van der Waals surface area contributed by atoms with Crippen LogP contribution in [0.25, 0.3) is 0 Å². The van der Waals surface area contributed by atoms with Crippen molar-refractivity contribution in [3.63, 3.8) is 0 Å². The van der Waals surface area contributed by atoms with Crippen LogP contribution in [0.4, 0.5) is 5.69 Å². The lowest BCUT2D eigenvalue weighted by molar-refractivity contribution is -0.116. The van der Waals surface area contributed by atoms with Crippen LogP contribution in [-0.2, 0) is 9.53 Å². The van der Waals surface area contributed by atoms with Gasteiger partial charge in [0.1, 0.15) is 11.9 Å². The van der Waals surface area contributed by atoms with Crippen LogP contribution >= 0.6 is 0 Å². The molecule has 33 heavy (non-hydrogen) atoms. The molecule has 0 spiro atoms. The Morgan fingerprint density at radius 2 is 2.03 bits per heavy atom.